The van der Waals surface area contributed by atoms with E-state index in [-0.39, 0.29) is 0 Å². The van der Waals surface area contributed by atoms with Crippen molar-refractivity contribution in [3.05, 3.63) is 41.5 Å². The molecule has 0 radical (unpaired) electrons. The van der Waals surface area contributed by atoms with Crippen LogP contribution in [0.25, 0.3) is 0 Å². The molecule has 23 heavy (non-hydrogen) atoms. The van der Waals surface area contributed by atoms with Crippen LogP contribution in [0.15, 0.2) is 40.8 Å². The van der Waals surface area contributed by atoms with Gasteiger partial charge in [0.15, 0.2) is 0 Å². The molecule has 2 rings (SSSR count). The fraction of sp³-hybridized carbons (Fsp3) is 0.500. The van der Waals surface area contributed by atoms with Crippen LogP contribution in [0.3, 0.4) is 0 Å². The van der Waals surface area contributed by atoms with Gasteiger partial charge >= 0.3 is 0 Å². The summed E-state index contributed by atoms with van der Waals surface area (Å²) >= 11 is 0. The molecule has 1 aliphatic rings. The first-order chi connectivity index (χ1) is 11.0. The van der Waals surface area contributed by atoms with Gasteiger partial charge in [0.25, 0.3) is 0 Å². The Balaban J connectivity index is 2.17. The third kappa shape index (κ3) is 5.01. The molecule has 0 atom stereocenters. The number of nitrogens with zero attached hydrogens (tertiary/aromatic N) is 1. The van der Waals surface area contributed by atoms with Gasteiger partial charge in [-0.05, 0) is 51.2 Å². The summed E-state index contributed by atoms with van der Waals surface area (Å²) in [6.45, 7) is 2.70. The largest absolute Gasteiger partial charge is 0.303 e. The Kier molecular flexibility index (Phi) is 6.54. The number of aldehydes is 1. The monoisotopic (exact) mass is 335 g/mol. The van der Waals surface area contributed by atoms with E-state index < -0.39 is 10.0 Å². The highest BCUT2D eigenvalue weighted by Crippen LogP contribution is 2.24. The molecule has 0 N–H and O–H groups in total. The fourth-order valence-corrected chi connectivity index (χ4v) is 4.20. The zero-order valence-electron chi connectivity index (χ0n) is 13.7. The van der Waals surface area contributed by atoms with Gasteiger partial charge < -0.3 is 4.79 Å². The molecule has 1 aromatic rings. The van der Waals surface area contributed by atoms with E-state index >= 15 is 0 Å². The van der Waals surface area contributed by atoms with Crippen molar-refractivity contribution in [1.29, 1.82) is 0 Å². The van der Waals surface area contributed by atoms with E-state index in [2.05, 4.69) is 6.08 Å². The first-order valence-electron chi connectivity index (χ1n) is 8.22. The maximum absolute atomic E-state index is 12.9. The number of hydrogen-bond acceptors (Lipinski definition) is 3. The van der Waals surface area contributed by atoms with Gasteiger partial charge in [-0.1, -0.05) is 29.3 Å². The van der Waals surface area contributed by atoms with Crippen molar-refractivity contribution in [1.82, 2.24) is 4.31 Å². The fourth-order valence-electron chi connectivity index (χ4n) is 2.78. The lowest BCUT2D eigenvalue weighted by atomic mass is 10.2. The zero-order valence-corrected chi connectivity index (χ0v) is 14.5. The first-order valence-corrected chi connectivity index (χ1v) is 9.66. The predicted molar refractivity (Wildman–Crippen MR) is 91.8 cm³/mol. The second kappa shape index (κ2) is 8.41. The molecule has 0 heterocycles. The molecule has 0 aliphatic heterocycles. The third-order valence-electron chi connectivity index (χ3n) is 4.22. The second-order valence-electron chi connectivity index (χ2n) is 6.05. The van der Waals surface area contributed by atoms with Crippen LogP contribution in [0.1, 0.15) is 44.1 Å². The molecule has 0 spiro atoms. The highest BCUT2D eigenvalue weighted by Gasteiger charge is 2.23. The average molecular weight is 335 g/mol. The topological polar surface area (TPSA) is 54.5 Å². The third-order valence-corrected chi connectivity index (χ3v) is 6.10. The number of carbonyl (C=O) groups excluding carboxylic acids is 1. The van der Waals surface area contributed by atoms with Gasteiger partial charge in [-0.25, -0.2) is 8.42 Å². The van der Waals surface area contributed by atoms with Crippen molar-refractivity contribution in [2.75, 3.05) is 13.1 Å². The molecule has 1 aliphatic carbocycles. The molecule has 0 unspecified atom stereocenters. The number of hydrogen-bond donors (Lipinski definition) is 0. The summed E-state index contributed by atoms with van der Waals surface area (Å²) in [5, 5.41) is 0. The lowest BCUT2D eigenvalue weighted by Crippen LogP contribution is -2.32. The van der Waals surface area contributed by atoms with Gasteiger partial charge in [0.2, 0.25) is 10.0 Å². The van der Waals surface area contributed by atoms with E-state index in [0.717, 1.165) is 24.7 Å². The lowest BCUT2D eigenvalue weighted by molar-refractivity contribution is -0.107. The predicted octanol–water partition coefficient (Wildman–Crippen LogP) is 3.47. The smallest absolute Gasteiger partial charge is 0.243 e. The molecule has 0 saturated heterocycles. The Morgan fingerprint density at radius 3 is 2.39 bits per heavy atom. The quantitative estimate of drug-likeness (QED) is 0.415. The lowest BCUT2D eigenvalue weighted by Gasteiger charge is -2.21. The highest BCUT2D eigenvalue weighted by molar-refractivity contribution is 7.89. The molecular formula is C18H25NO3S. The molecule has 5 heteroatoms. The van der Waals surface area contributed by atoms with Crippen molar-refractivity contribution in [3.8, 4) is 0 Å². The van der Waals surface area contributed by atoms with Gasteiger partial charge in [0.05, 0.1) is 4.90 Å². The highest BCUT2D eigenvalue weighted by atomic mass is 32.2. The summed E-state index contributed by atoms with van der Waals surface area (Å²) < 4.78 is 27.2. The summed E-state index contributed by atoms with van der Waals surface area (Å²) in [6.07, 6.45) is 8.38. The van der Waals surface area contributed by atoms with Gasteiger partial charge in [0.1, 0.15) is 6.29 Å². The van der Waals surface area contributed by atoms with Crippen LogP contribution in [0.2, 0.25) is 0 Å². The summed E-state index contributed by atoms with van der Waals surface area (Å²) in [4.78, 5) is 10.8. The summed E-state index contributed by atoms with van der Waals surface area (Å²) in [5.41, 5.74) is 2.38. The summed E-state index contributed by atoms with van der Waals surface area (Å²) in [5.74, 6) is 0. The van der Waals surface area contributed by atoms with Crippen LogP contribution in [0.4, 0.5) is 0 Å². The SMILES string of the molecule is Cc1ccc(S(=O)(=O)N(CC=C2CCCC2)CCCC=O)cc1. The molecule has 0 aromatic heterocycles. The van der Waals surface area contributed by atoms with Gasteiger partial charge in [-0.15, -0.1) is 0 Å². The molecular weight excluding hydrogens is 310 g/mol. The van der Waals surface area contributed by atoms with E-state index in [1.54, 1.807) is 12.1 Å². The van der Waals surface area contributed by atoms with E-state index in [9.17, 15) is 13.2 Å². The number of allylic oxidation sites excluding steroid dienone is 1. The molecule has 4 nitrogen and oxygen atoms in total. The maximum atomic E-state index is 12.9. The van der Waals surface area contributed by atoms with Crippen LogP contribution in [0, 0.1) is 6.92 Å². The van der Waals surface area contributed by atoms with Crippen LogP contribution in [0.5, 0.6) is 0 Å². The van der Waals surface area contributed by atoms with Gasteiger partial charge in [-0.2, -0.15) is 4.31 Å². The Morgan fingerprint density at radius 1 is 1.13 bits per heavy atom. The molecule has 0 bridgehead atoms. The van der Waals surface area contributed by atoms with Crippen molar-refractivity contribution >= 4 is 16.3 Å². The molecule has 0 amide bonds. The van der Waals surface area contributed by atoms with E-state index in [4.69, 9.17) is 0 Å². The molecule has 1 saturated carbocycles. The Labute approximate surface area is 139 Å². The van der Waals surface area contributed by atoms with Crippen LogP contribution in [-0.4, -0.2) is 32.1 Å². The minimum absolute atomic E-state index is 0.319. The minimum Gasteiger partial charge on any atom is -0.303 e. The molecule has 1 aromatic carbocycles. The molecule has 1 fully saturated rings. The maximum Gasteiger partial charge on any atom is 0.243 e. The van der Waals surface area contributed by atoms with Gasteiger partial charge in [-0.3, -0.25) is 0 Å². The van der Waals surface area contributed by atoms with Crippen molar-refractivity contribution < 1.29 is 13.2 Å². The summed E-state index contributed by atoms with van der Waals surface area (Å²) in [7, 11) is -3.52. The Morgan fingerprint density at radius 2 is 1.78 bits per heavy atom. The number of benzene rings is 1. The van der Waals surface area contributed by atoms with Crippen molar-refractivity contribution in [2.45, 2.75) is 50.3 Å². The second-order valence-corrected chi connectivity index (χ2v) is 7.99. The Bertz CT molecular complexity index is 639. The van der Waals surface area contributed by atoms with Crippen LogP contribution >= 0.6 is 0 Å². The van der Waals surface area contributed by atoms with Gasteiger partial charge in [0, 0.05) is 19.5 Å². The Hall–Kier alpha value is -1.46. The van der Waals surface area contributed by atoms with E-state index in [1.165, 1.54) is 22.7 Å². The first kappa shape index (κ1) is 17.9. The number of aryl methyl sites for hydroxylation is 1. The van der Waals surface area contributed by atoms with Crippen molar-refractivity contribution in [3.63, 3.8) is 0 Å². The molecule has 126 valence electrons. The number of rotatable bonds is 8. The normalized spacial score (nSPS) is 15.1. The van der Waals surface area contributed by atoms with Crippen molar-refractivity contribution in [2.24, 2.45) is 0 Å². The minimum atomic E-state index is -3.52. The number of carbonyl (C=O) groups is 1. The van der Waals surface area contributed by atoms with E-state index in [0.29, 0.717) is 30.8 Å². The van der Waals surface area contributed by atoms with Crippen LogP contribution < -0.4 is 0 Å². The summed E-state index contributed by atoms with van der Waals surface area (Å²) in [6, 6.07) is 6.93. The van der Waals surface area contributed by atoms with Crippen LogP contribution in [-0.2, 0) is 14.8 Å². The van der Waals surface area contributed by atoms with E-state index in [1.807, 2.05) is 19.1 Å². The standard InChI is InChI=1S/C18H25NO3S/c1-16-8-10-18(11-9-16)23(21,22)19(13-4-5-15-20)14-12-17-6-2-3-7-17/h8-12,15H,2-7,13-14H2,1H3. The zero-order chi connectivity index (χ0) is 16.7. The number of unbranched alkanes of at least 4 members (excludes halogenated alkanes) is 1. The average Bonchev–Trinajstić information content (AvgIpc) is 3.04. The number of sulfonamides is 1.